The lowest BCUT2D eigenvalue weighted by Crippen LogP contribution is -2.58. The van der Waals surface area contributed by atoms with Crippen molar-refractivity contribution in [2.45, 2.75) is 25.5 Å². The molecule has 2 saturated heterocycles. The van der Waals surface area contributed by atoms with E-state index in [-0.39, 0.29) is 0 Å². The van der Waals surface area contributed by atoms with Crippen molar-refractivity contribution in [1.82, 2.24) is 10.2 Å². The van der Waals surface area contributed by atoms with Gasteiger partial charge in [0, 0.05) is 32.2 Å². The Balaban J connectivity index is 1.83. The van der Waals surface area contributed by atoms with Crippen LogP contribution in [0.3, 0.4) is 0 Å². The molecule has 2 fully saturated rings. The topological polar surface area (TPSA) is 24.5 Å². The third-order valence-electron chi connectivity index (χ3n) is 3.07. The fraction of sp³-hybridized carbons (Fsp3) is 0.818. The Hall–Kier alpha value is -0.380. The maximum absolute atomic E-state index is 5.73. The molecule has 2 heterocycles. The van der Waals surface area contributed by atoms with Gasteiger partial charge in [0.05, 0.1) is 12.7 Å². The molecule has 1 N–H and O–H groups in total. The Morgan fingerprint density at radius 1 is 1.57 bits per heavy atom. The molecule has 2 unspecified atom stereocenters. The van der Waals surface area contributed by atoms with Gasteiger partial charge in [0.15, 0.2) is 0 Å². The molecule has 80 valence electrons. The van der Waals surface area contributed by atoms with Gasteiger partial charge in [0.2, 0.25) is 0 Å². The van der Waals surface area contributed by atoms with Gasteiger partial charge in [-0.1, -0.05) is 12.2 Å². The SMILES string of the molecule is C/C=C/CN1CCC2OCCNC2C1. The van der Waals surface area contributed by atoms with Crippen LogP contribution in [0.2, 0.25) is 0 Å². The fourth-order valence-corrected chi connectivity index (χ4v) is 2.27. The summed E-state index contributed by atoms with van der Waals surface area (Å²) in [4.78, 5) is 2.49. The minimum Gasteiger partial charge on any atom is -0.375 e. The Bertz CT molecular complexity index is 205. The van der Waals surface area contributed by atoms with Crippen molar-refractivity contribution < 1.29 is 4.74 Å². The van der Waals surface area contributed by atoms with Crippen LogP contribution in [0.4, 0.5) is 0 Å². The highest BCUT2D eigenvalue weighted by Crippen LogP contribution is 2.16. The molecule has 3 nitrogen and oxygen atoms in total. The average Bonchev–Trinajstić information content (AvgIpc) is 2.26. The zero-order valence-corrected chi connectivity index (χ0v) is 8.91. The Labute approximate surface area is 86.1 Å². The van der Waals surface area contributed by atoms with Crippen LogP contribution in [0.15, 0.2) is 12.2 Å². The lowest BCUT2D eigenvalue weighted by molar-refractivity contribution is -0.0410. The monoisotopic (exact) mass is 196 g/mol. The molecular weight excluding hydrogens is 176 g/mol. The van der Waals surface area contributed by atoms with E-state index in [1.165, 1.54) is 13.0 Å². The first-order valence-electron chi connectivity index (χ1n) is 5.58. The minimum absolute atomic E-state index is 0.464. The predicted molar refractivity (Wildman–Crippen MR) is 57.4 cm³/mol. The van der Waals surface area contributed by atoms with Crippen LogP contribution in [-0.4, -0.2) is 49.8 Å². The Kier molecular flexibility index (Phi) is 3.56. The van der Waals surface area contributed by atoms with Crippen LogP contribution in [0, 0.1) is 0 Å². The van der Waals surface area contributed by atoms with Crippen molar-refractivity contribution in [3.8, 4) is 0 Å². The molecule has 0 saturated carbocycles. The second-order valence-electron chi connectivity index (χ2n) is 4.09. The summed E-state index contributed by atoms with van der Waals surface area (Å²) in [6.07, 6.45) is 5.99. The van der Waals surface area contributed by atoms with Crippen molar-refractivity contribution in [1.29, 1.82) is 0 Å². The molecule has 0 aliphatic carbocycles. The molecule has 0 aromatic carbocycles. The number of hydrogen-bond acceptors (Lipinski definition) is 3. The minimum atomic E-state index is 0.464. The molecule has 0 aromatic heterocycles. The molecule has 0 amide bonds. The van der Waals surface area contributed by atoms with Gasteiger partial charge < -0.3 is 10.1 Å². The van der Waals surface area contributed by atoms with E-state index >= 15 is 0 Å². The van der Waals surface area contributed by atoms with Gasteiger partial charge >= 0.3 is 0 Å². The highest BCUT2D eigenvalue weighted by atomic mass is 16.5. The van der Waals surface area contributed by atoms with Gasteiger partial charge in [0.1, 0.15) is 0 Å². The molecule has 0 spiro atoms. The zero-order chi connectivity index (χ0) is 9.80. The van der Waals surface area contributed by atoms with E-state index in [0.717, 1.165) is 26.2 Å². The first-order valence-corrected chi connectivity index (χ1v) is 5.58. The van der Waals surface area contributed by atoms with Crippen molar-refractivity contribution in [3.05, 3.63) is 12.2 Å². The van der Waals surface area contributed by atoms with Gasteiger partial charge in [-0.2, -0.15) is 0 Å². The normalized spacial score (nSPS) is 34.6. The lowest BCUT2D eigenvalue weighted by atomic mass is 10.0. The van der Waals surface area contributed by atoms with Gasteiger partial charge in [-0.25, -0.2) is 0 Å². The van der Waals surface area contributed by atoms with E-state index in [1.807, 2.05) is 0 Å². The smallest absolute Gasteiger partial charge is 0.0753 e. The molecule has 2 atom stereocenters. The average molecular weight is 196 g/mol. The van der Waals surface area contributed by atoms with E-state index in [0.29, 0.717) is 12.1 Å². The highest BCUT2D eigenvalue weighted by Gasteiger charge is 2.31. The summed E-state index contributed by atoms with van der Waals surface area (Å²) in [5, 5.41) is 3.54. The fourth-order valence-electron chi connectivity index (χ4n) is 2.27. The maximum Gasteiger partial charge on any atom is 0.0753 e. The largest absolute Gasteiger partial charge is 0.375 e. The quantitative estimate of drug-likeness (QED) is 0.655. The van der Waals surface area contributed by atoms with Crippen molar-refractivity contribution >= 4 is 0 Å². The maximum atomic E-state index is 5.73. The Morgan fingerprint density at radius 3 is 3.36 bits per heavy atom. The van der Waals surface area contributed by atoms with Crippen molar-refractivity contribution in [2.75, 3.05) is 32.8 Å². The number of nitrogens with zero attached hydrogens (tertiary/aromatic N) is 1. The summed E-state index contributed by atoms with van der Waals surface area (Å²) < 4.78 is 5.73. The second kappa shape index (κ2) is 4.91. The third kappa shape index (κ3) is 2.35. The number of allylic oxidation sites excluding steroid dienone is 1. The first-order chi connectivity index (χ1) is 6.90. The number of likely N-dealkylation sites (tertiary alicyclic amines) is 1. The summed E-state index contributed by atoms with van der Waals surface area (Å²) in [7, 11) is 0. The van der Waals surface area contributed by atoms with Gasteiger partial charge in [0.25, 0.3) is 0 Å². The van der Waals surface area contributed by atoms with Crippen LogP contribution in [0.25, 0.3) is 0 Å². The van der Waals surface area contributed by atoms with Crippen molar-refractivity contribution in [2.24, 2.45) is 0 Å². The third-order valence-corrected chi connectivity index (χ3v) is 3.07. The molecule has 2 rings (SSSR count). The van der Waals surface area contributed by atoms with Crippen LogP contribution >= 0.6 is 0 Å². The van der Waals surface area contributed by atoms with Crippen LogP contribution in [-0.2, 0) is 4.74 Å². The molecule has 0 aromatic rings. The number of hydrogen-bond donors (Lipinski definition) is 1. The predicted octanol–water partition coefficient (Wildman–Crippen LogP) is 0.625. The number of ether oxygens (including phenoxy) is 1. The molecular formula is C11H20N2O. The van der Waals surface area contributed by atoms with E-state index in [2.05, 4.69) is 29.3 Å². The van der Waals surface area contributed by atoms with Crippen LogP contribution in [0.1, 0.15) is 13.3 Å². The van der Waals surface area contributed by atoms with Gasteiger partial charge in [-0.3, -0.25) is 4.90 Å². The van der Waals surface area contributed by atoms with Gasteiger partial charge in [-0.05, 0) is 13.3 Å². The van der Waals surface area contributed by atoms with Gasteiger partial charge in [-0.15, -0.1) is 0 Å². The standard InChI is InChI=1S/C11H20N2O/c1-2-3-6-13-7-4-11-10(9-13)12-5-8-14-11/h2-3,10-12H,4-9H2,1H3/b3-2+. The van der Waals surface area contributed by atoms with E-state index in [4.69, 9.17) is 4.74 Å². The first kappa shape index (κ1) is 10.1. The summed E-state index contributed by atoms with van der Waals surface area (Å²) in [6, 6.07) is 0.558. The summed E-state index contributed by atoms with van der Waals surface area (Å²) in [6.45, 7) is 7.37. The summed E-state index contributed by atoms with van der Waals surface area (Å²) in [5.74, 6) is 0. The van der Waals surface area contributed by atoms with E-state index < -0.39 is 0 Å². The molecule has 2 aliphatic rings. The molecule has 0 radical (unpaired) electrons. The molecule has 14 heavy (non-hydrogen) atoms. The molecule has 0 bridgehead atoms. The lowest BCUT2D eigenvalue weighted by Gasteiger charge is -2.41. The summed E-state index contributed by atoms with van der Waals surface area (Å²) >= 11 is 0. The van der Waals surface area contributed by atoms with E-state index in [1.54, 1.807) is 0 Å². The number of piperidine rings is 1. The molecule has 3 heteroatoms. The van der Waals surface area contributed by atoms with Crippen LogP contribution < -0.4 is 5.32 Å². The zero-order valence-electron chi connectivity index (χ0n) is 8.91. The number of fused-ring (bicyclic) bond motifs is 1. The number of morpholine rings is 1. The van der Waals surface area contributed by atoms with E-state index in [9.17, 15) is 0 Å². The van der Waals surface area contributed by atoms with Crippen LogP contribution in [0.5, 0.6) is 0 Å². The highest BCUT2D eigenvalue weighted by molar-refractivity contribution is 4.91. The van der Waals surface area contributed by atoms with Crippen molar-refractivity contribution in [3.63, 3.8) is 0 Å². The molecule has 2 aliphatic heterocycles. The number of rotatable bonds is 2. The Morgan fingerprint density at radius 2 is 2.50 bits per heavy atom. The summed E-state index contributed by atoms with van der Waals surface area (Å²) in [5.41, 5.74) is 0. The second-order valence-corrected chi connectivity index (χ2v) is 4.09. The number of nitrogens with one attached hydrogen (secondary N) is 1.